The maximum Gasteiger partial charge on any atom is 0.303 e. The minimum atomic E-state index is -0.897. The van der Waals surface area contributed by atoms with Crippen LogP contribution in [-0.4, -0.2) is 40.0 Å². The Morgan fingerprint density at radius 1 is 1.03 bits per heavy atom. The van der Waals surface area contributed by atoms with Crippen LogP contribution in [0.5, 0.6) is 0 Å². The number of carbonyl (C=O) groups is 3. The second-order valence-electron chi connectivity index (χ2n) is 11.5. The quantitative estimate of drug-likeness (QED) is 0.593. The Bertz CT molecular complexity index is 752. The molecule has 174 valence electrons. The van der Waals surface area contributed by atoms with Gasteiger partial charge < -0.3 is 15.5 Å². The minimum absolute atomic E-state index is 0.00803. The number of Topliss-reactive ketones (excluding diaryl/α,β-unsaturated/α-hetero) is 1. The third-order valence-electron chi connectivity index (χ3n) is 10.2. The second-order valence-corrected chi connectivity index (χ2v) is 11.5. The van der Waals surface area contributed by atoms with E-state index in [4.69, 9.17) is 5.11 Å². The van der Waals surface area contributed by atoms with Gasteiger partial charge in [-0.1, -0.05) is 13.8 Å². The van der Waals surface area contributed by atoms with Gasteiger partial charge in [-0.25, -0.2) is 0 Å². The number of hydrogen-bond acceptors (Lipinski definition) is 4. The molecule has 0 aromatic carbocycles. The van der Waals surface area contributed by atoms with Crippen LogP contribution in [-0.2, 0) is 14.4 Å². The molecule has 31 heavy (non-hydrogen) atoms. The van der Waals surface area contributed by atoms with Gasteiger partial charge in [-0.05, 0) is 80.5 Å². The number of rotatable bonds is 6. The number of carboxylic acids is 1. The Kier molecular flexibility index (Phi) is 5.99. The van der Waals surface area contributed by atoms with E-state index in [1.807, 2.05) is 0 Å². The molecule has 4 saturated carbocycles. The van der Waals surface area contributed by atoms with E-state index in [9.17, 15) is 19.5 Å². The van der Waals surface area contributed by atoms with E-state index in [0.717, 1.165) is 51.4 Å². The van der Waals surface area contributed by atoms with Crippen LogP contribution in [0.4, 0.5) is 0 Å². The Morgan fingerprint density at radius 3 is 2.52 bits per heavy atom. The monoisotopic (exact) mass is 433 g/mol. The maximum atomic E-state index is 12.2. The van der Waals surface area contributed by atoms with Crippen LogP contribution in [0.25, 0.3) is 0 Å². The van der Waals surface area contributed by atoms with Gasteiger partial charge in [0.15, 0.2) is 0 Å². The molecule has 3 N–H and O–H groups in total. The van der Waals surface area contributed by atoms with Crippen LogP contribution in [0, 0.1) is 34.5 Å². The zero-order chi connectivity index (χ0) is 22.4. The van der Waals surface area contributed by atoms with Crippen molar-refractivity contribution in [1.29, 1.82) is 0 Å². The molecule has 0 radical (unpaired) electrons. The number of fused-ring (bicyclic) bond motifs is 5. The summed E-state index contributed by atoms with van der Waals surface area (Å²) in [5, 5.41) is 23.3. The highest BCUT2D eigenvalue weighted by Crippen LogP contribution is 2.67. The van der Waals surface area contributed by atoms with E-state index in [0.29, 0.717) is 42.3 Å². The molecule has 4 rings (SSSR count). The van der Waals surface area contributed by atoms with Crippen LogP contribution in [0.15, 0.2) is 0 Å². The summed E-state index contributed by atoms with van der Waals surface area (Å²) in [5.41, 5.74) is -0.835. The molecule has 0 heterocycles. The van der Waals surface area contributed by atoms with Crippen molar-refractivity contribution in [3.8, 4) is 0 Å². The van der Waals surface area contributed by atoms with Gasteiger partial charge in [-0.3, -0.25) is 14.4 Å². The van der Waals surface area contributed by atoms with Crippen molar-refractivity contribution in [1.82, 2.24) is 5.32 Å². The third-order valence-corrected chi connectivity index (χ3v) is 10.2. The highest BCUT2D eigenvalue weighted by atomic mass is 16.4. The predicted octanol–water partition coefficient (Wildman–Crippen LogP) is 3.70. The first-order valence-corrected chi connectivity index (χ1v) is 12.3. The van der Waals surface area contributed by atoms with Crippen LogP contribution in [0.3, 0.4) is 0 Å². The molecule has 7 atom stereocenters. The van der Waals surface area contributed by atoms with E-state index in [1.54, 1.807) is 0 Å². The van der Waals surface area contributed by atoms with Crippen LogP contribution < -0.4 is 5.32 Å². The lowest BCUT2D eigenvalue weighted by atomic mass is 9.44. The highest BCUT2D eigenvalue weighted by Gasteiger charge is 2.64. The third kappa shape index (κ3) is 3.83. The van der Waals surface area contributed by atoms with Gasteiger partial charge >= 0.3 is 5.97 Å². The molecule has 0 saturated heterocycles. The van der Waals surface area contributed by atoms with Gasteiger partial charge in [0.05, 0.1) is 5.60 Å². The molecule has 0 aromatic heterocycles. The Morgan fingerprint density at radius 2 is 1.77 bits per heavy atom. The number of aliphatic carboxylic acids is 1. The fourth-order valence-corrected chi connectivity index (χ4v) is 8.18. The van der Waals surface area contributed by atoms with E-state index >= 15 is 0 Å². The Balaban J connectivity index is 1.42. The van der Waals surface area contributed by atoms with Gasteiger partial charge in [-0.15, -0.1) is 0 Å². The normalized spacial score (nSPS) is 44.2. The number of aliphatic hydroxyl groups is 1. The molecule has 0 unspecified atom stereocenters. The molecule has 0 aromatic rings. The average molecular weight is 434 g/mol. The van der Waals surface area contributed by atoms with Crippen molar-refractivity contribution in [2.45, 2.75) is 96.5 Å². The first-order valence-electron chi connectivity index (χ1n) is 12.3. The van der Waals surface area contributed by atoms with E-state index in [2.05, 4.69) is 19.2 Å². The van der Waals surface area contributed by atoms with Crippen LogP contribution >= 0.6 is 0 Å². The molecule has 4 fully saturated rings. The maximum absolute atomic E-state index is 12.2. The van der Waals surface area contributed by atoms with E-state index < -0.39 is 11.6 Å². The molecule has 6 nitrogen and oxygen atoms in total. The fraction of sp³-hybridized carbons (Fsp3) is 0.880. The first-order chi connectivity index (χ1) is 14.6. The fourth-order valence-electron chi connectivity index (χ4n) is 8.18. The number of ketones is 1. The molecule has 0 aliphatic heterocycles. The number of hydrogen-bond donors (Lipinski definition) is 3. The smallest absolute Gasteiger partial charge is 0.303 e. The predicted molar refractivity (Wildman–Crippen MR) is 116 cm³/mol. The van der Waals surface area contributed by atoms with Crippen molar-refractivity contribution in [2.24, 2.45) is 34.5 Å². The molecule has 0 spiro atoms. The zero-order valence-electron chi connectivity index (χ0n) is 19.1. The van der Waals surface area contributed by atoms with Crippen molar-refractivity contribution in [3.05, 3.63) is 0 Å². The molecule has 4 aliphatic rings. The summed E-state index contributed by atoms with van der Waals surface area (Å²) in [4.78, 5) is 34.9. The SMILES string of the molecule is C[C@]12CCC(=O)C[C@@H]1CC[C@@H]1[C@@H]2CC[C@@]2(C)[C@H]1CC[C@@]2(O)CNC(=O)CCCC(=O)O. The highest BCUT2D eigenvalue weighted by molar-refractivity contribution is 5.79. The van der Waals surface area contributed by atoms with Crippen molar-refractivity contribution in [3.63, 3.8) is 0 Å². The minimum Gasteiger partial charge on any atom is -0.481 e. The lowest BCUT2D eigenvalue weighted by molar-refractivity contribution is -0.157. The Hall–Kier alpha value is -1.43. The van der Waals surface area contributed by atoms with Gasteiger partial charge in [0.1, 0.15) is 5.78 Å². The van der Waals surface area contributed by atoms with Crippen LogP contribution in [0.1, 0.15) is 90.9 Å². The van der Waals surface area contributed by atoms with Crippen molar-refractivity contribution in [2.75, 3.05) is 6.54 Å². The molecule has 4 aliphatic carbocycles. The topological polar surface area (TPSA) is 104 Å². The molecule has 6 heteroatoms. The summed E-state index contributed by atoms with van der Waals surface area (Å²) < 4.78 is 0. The summed E-state index contributed by atoms with van der Waals surface area (Å²) in [6.07, 6.45) is 9.11. The number of amides is 1. The summed E-state index contributed by atoms with van der Waals surface area (Å²) in [6.45, 7) is 4.93. The second kappa shape index (κ2) is 8.17. The summed E-state index contributed by atoms with van der Waals surface area (Å²) >= 11 is 0. The molecular formula is C25H39NO5. The van der Waals surface area contributed by atoms with E-state index in [1.165, 1.54) is 0 Å². The summed E-state index contributed by atoms with van der Waals surface area (Å²) in [5.74, 6) is 1.63. The van der Waals surface area contributed by atoms with Gasteiger partial charge in [0.25, 0.3) is 0 Å². The Labute approximate surface area is 185 Å². The van der Waals surface area contributed by atoms with Crippen molar-refractivity contribution < 1.29 is 24.6 Å². The number of nitrogens with one attached hydrogen (secondary N) is 1. The molecule has 0 bridgehead atoms. The van der Waals surface area contributed by atoms with E-state index in [-0.39, 0.29) is 36.1 Å². The average Bonchev–Trinajstić information content (AvgIpc) is 2.98. The first kappa shape index (κ1) is 22.8. The van der Waals surface area contributed by atoms with Gasteiger partial charge in [-0.2, -0.15) is 0 Å². The number of carbonyl (C=O) groups excluding carboxylic acids is 2. The largest absolute Gasteiger partial charge is 0.481 e. The van der Waals surface area contributed by atoms with Crippen molar-refractivity contribution >= 4 is 17.7 Å². The summed E-state index contributed by atoms with van der Waals surface area (Å²) in [7, 11) is 0. The van der Waals surface area contributed by atoms with Gasteiger partial charge in [0, 0.05) is 37.6 Å². The zero-order valence-corrected chi connectivity index (χ0v) is 19.1. The lowest BCUT2D eigenvalue weighted by Crippen LogP contribution is -2.59. The summed E-state index contributed by atoms with van der Waals surface area (Å²) in [6, 6.07) is 0. The standard InChI is InChI=1S/C25H39NO5/c1-23-11-8-17(27)14-16(23)6-7-18-19(23)9-12-24(2)20(18)10-13-25(24,31)15-26-21(28)4-3-5-22(29)30/h16,18-20,31H,3-15H2,1-2H3,(H,26,28)(H,29,30)/t16-,18+,19-,20-,23-,24-,25+/m0/s1. The lowest BCUT2D eigenvalue weighted by Gasteiger charge is -2.61. The number of carboxylic acid groups (broad SMARTS) is 1. The molecule has 1 amide bonds. The molecular weight excluding hydrogens is 394 g/mol. The van der Waals surface area contributed by atoms with Crippen LogP contribution in [0.2, 0.25) is 0 Å². The van der Waals surface area contributed by atoms with Gasteiger partial charge in [0.2, 0.25) is 5.91 Å².